The molecule has 1 fully saturated rings. The van der Waals surface area contributed by atoms with Crippen LogP contribution in [0.4, 0.5) is 0 Å². The number of amidine groups is 1. The predicted molar refractivity (Wildman–Crippen MR) is 66.8 cm³/mol. The second kappa shape index (κ2) is 4.94. The highest BCUT2D eigenvalue weighted by molar-refractivity contribution is 6.05. The van der Waals surface area contributed by atoms with Gasteiger partial charge in [0.05, 0.1) is 0 Å². The lowest BCUT2D eigenvalue weighted by molar-refractivity contribution is -0.139. The second-order valence-electron chi connectivity index (χ2n) is 5.60. The van der Waals surface area contributed by atoms with Crippen molar-refractivity contribution in [1.29, 1.82) is 0 Å². The molecule has 1 aliphatic carbocycles. The summed E-state index contributed by atoms with van der Waals surface area (Å²) >= 11 is 0. The molecule has 1 saturated carbocycles. The molecule has 0 radical (unpaired) electrons. The Balaban J connectivity index is 2.82. The Labute approximate surface area is 103 Å². The van der Waals surface area contributed by atoms with Crippen LogP contribution in [-0.4, -0.2) is 34.4 Å². The Morgan fingerprint density at radius 2 is 2.06 bits per heavy atom. The van der Waals surface area contributed by atoms with E-state index in [9.17, 15) is 4.79 Å². The number of hydrogen-bond acceptors (Lipinski definition) is 3. The van der Waals surface area contributed by atoms with Gasteiger partial charge < -0.3 is 15.8 Å². The minimum absolute atomic E-state index is 0.0380. The highest BCUT2D eigenvalue weighted by atomic mass is 16.4. The van der Waals surface area contributed by atoms with Crippen molar-refractivity contribution in [1.82, 2.24) is 4.90 Å². The molecule has 3 N–H and O–H groups in total. The van der Waals surface area contributed by atoms with Crippen LogP contribution in [0.2, 0.25) is 0 Å². The fraction of sp³-hybridized carbons (Fsp3) is 0.833. The average Bonchev–Trinajstić information content (AvgIpc) is 3.06. The zero-order valence-corrected chi connectivity index (χ0v) is 11.1. The van der Waals surface area contributed by atoms with Gasteiger partial charge in [0.2, 0.25) is 5.91 Å². The van der Waals surface area contributed by atoms with E-state index in [1.165, 1.54) is 12.8 Å². The first kappa shape index (κ1) is 13.8. The molecular formula is C12H23N3O2. The molecule has 0 saturated heterocycles. The van der Waals surface area contributed by atoms with E-state index >= 15 is 0 Å². The minimum Gasteiger partial charge on any atom is -0.409 e. The van der Waals surface area contributed by atoms with Gasteiger partial charge in [-0.15, -0.1) is 0 Å². The third kappa shape index (κ3) is 3.11. The van der Waals surface area contributed by atoms with Gasteiger partial charge in [0.1, 0.15) is 5.41 Å². The number of nitrogens with zero attached hydrogens (tertiary/aromatic N) is 2. The van der Waals surface area contributed by atoms with E-state index in [2.05, 4.69) is 5.16 Å². The molecule has 1 amide bonds. The standard InChI is InChI=1S/C12H23N3O2/c1-8(2)15(7-9-5-6-9)11(16)12(3,4)10(13)14-17/h8-9,17H,5-7H2,1-4H3,(H2,13,14). The van der Waals surface area contributed by atoms with E-state index in [1.807, 2.05) is 18.7 Å². The van der Waals surface area contributed by atoms with Crippen LogP contribution in [0.5, 0.6) is 0 Å². The predicted octanol–water partition coefficient (Wildman–Crippen LogP) is 1.41. The number of oxime groups is 1. The Bertz CT molecular complexity index is 320. The summed E-state index contributed by atoms with van der Waals surface area (Å²) in [6, 6.07) is 0.133. The number of rotatable bonds is 5. The number of amides is 1. The molecule has 17 heavy (non-hydrogen) atoms. The molecule has 5 nitrogen and oxygen atoms in total. The van der Waals surface area contributed by atoms with Crippen LogP contribution in [0.1, 0.15) is 40.5 Å². The molecule has 0 heterocycles. The molecule has 0 aromatic heterocycles. The Hall–Kier alpha value is -1.26. The number of hydrogen-bond donors (Lipinski definition) is 2. The molecule has 0 bridgehead atoms. The third-order valence-electron chi connectivity index (χ3n) is 3.32. The SMILES string of the molecule is CC(C)N(CC1CC1)C(=O)C(C)(C)C(N)=NO. The highest BCUT2D eigenvalue weighted by Gasteiger charge is 2.39. The summed E-state index contributed by atoms with van der Waals surface area (Å²) in [5.41, 5.74) is 4.64. The summed E-state index contributed by atoms with van der Waals surface area (Å²) in [7, 11) is 0. The molecule has 1 aliphatic rings. The molecule has 1 rings (SSSR count). The van der Waals surface area contributed by atoms with E-state index in [4.69, 9.17) is 10.9 Å². The van der Waals surface area contributed by atoms with Crippen molar-refractivity contribution in [2.24, 2.45) is 22.2 Å². The van der Waals surface area contributed by atoms with Crippen LogP contribution in [0.25, 0.3) is 0 Å². The fourth-order valence-corrected chi connectivity index (χ4v) is 1.70. The van der Waals surface area contributed by atoms with Gasteiger partial charge in [0.15, 0.2) is 5.84 Å². The maximum atomic E-state index is 12.4. The van der Waals surface area contributed by atoms with Gasteiger partial charge in [-0.2, -0.15) is 0 Å². The van der Waals surface area contributed by atoms with E-state index in [0.717, 1.165) is 6.54 Å². The molecule has 98 valence electrons. The molecule has 0 unspecified atom stereocenters. The summed E-state index contributed by atoms with van der Waals surface area (Å²) in [4.78, 5) is 14.3. The lowest BCUT2D eigenvalue weighted by Crippen LogP contribution is -2.51. The summed E-state index contributed by atoms with van der Waals surface area (Å²) < 4.78 is 0. The molecule has 0 aromatic rings. The molecule has 0 aliphatic heterocycles. The van der Waals surface area contributed by atoms with Gasteiger partial charge in [-0.25, -0.2) is 0 Å². The van der Waals surface area contributed by atoms with Crippen molar-refractivity contribution < 1.29 is 10.0 Å². The summed E-state index contributed by atoms with van der Waals surface area (Å²) in [5.74, 6) is 0.517. The Morgan fingerprint density at radius 1 is 1.53 bits per heavy atom. The van der Waals surface area contributed by atoms with Gasteiger partial charge in [-0.3, -0.25) is 4.79 Å². The van der Waals surface area contributed by atoms with Crippen molar-refractivity contribution in [3.63, 3.8) is 0 Å². The quantitative estimate of drug-likeness (QED) is 0.330. The number of carbonyl (C=O) groups excluding carboxylic acids is 1. The fourth-order valence-electron chi connectivity index (χ4n) is 1.70. The van der Waals surface area contributed by atoms with Crippen molar-refractivity contribution in [3.05, 3.63) is 0 Å². The first-order valence-electron chi connectivity index (χ1n) is 6.09. The van der Waals surface area contributed by atoms with Gasteiger partial charge in [-0.1, -0.05) is 5.16 Å². The summed E-state index contributed by atoms with van der Waals surface area (Å²) in [6.45, 7) is 8.13. The van der Waals surface area contributed by atoms with Crippen LogP contribution < -0.4 is 5.73 Å². The van der Waals surface area contributed by atoms with Gasteiger partial charge in [0.25, 0.3) is 0 Å². The van der Waals surface area contributed by atoms with Crippen LogP contribution in [-0.2, 0) is 4.79 Å². The lowest BCUT2D eigenvalue weighted by atomic mass is 9.89. The van der Waals surface area contributed by atoms with Crippen molar-refractivity contribution in [2.45, 2.75) is 46.6 Å². The smallest absolute Gasteiger partial charge is 0.236 e. The summed E-state index contributed by atoms with van der Waals surface area (Å²) in [5, 5.41) is 11.7. The zero-order chi connectivity index (χ0) is 13.2. The van der Waals surface area contributed by atoms with E-state index < -0.39 is 5.41 Å². The van der Waals surface area contributed by atoms with Gasteiger partial charge in [0, 0.05) is 12.6 Å². The largest absolute Gasteiger partial charge is 0.409 e. The maximum absolute atomic E-state index is 12.4. The lowest BCUT2D eigenvalue weighted by Gasteiger charge is -2.34. The second-order valence-corrected chi connectivity index (χ2v) is 5.60. The van der Waals surface area contributed by atoms with Crippen molar-refractivity contribution in [3.8, 4) is 0 Å². The average molecular weight is 241 g/mol. The molecule has 0 atom stereocenters. The molecule has 0 spiro atoms. The normalized spacial score (nSPS) is 17.4. The zero-order valence-electron chi connectivity index (χ0n) is 11.1. The highest BCUT2D eigenvalue weighted by Crippen LogP contribution is 2.32. The monoisotopic (exact) mass is 241 g/mol. The van der Waals surface area contributed by atoms with Crippen molar-refractivity contribution >= 4 is 11.7 Å². The molecule has 0 aromatic carbocycles. The first-order valence-corrected chi connectivity index (χ1v) is 6.09. The van der Waals surface area contributed by atoms with Gasteiger partial charge in [-0.05, 0) is 46.5 Å². The van der Waals surface area contributed by atoms with Gasteiger partial charge >= 0.3 is 0 Å². The third-order valence-corrected chi connectivity index (χ3v) is 3.32. The van der Waals surface area contributed by atoms with Crippen LogP contribution >= 0.6 is 0 Å². The van der Waals surface area contributed by atoms with Crippen LogP contribution in [0.15, 0.2) is 5.16 Å². The van der Waals surface area contributed by atoms with E-state index in [1.54, 1.807) is 13.8 Å². The maximum Gasteiger partial charge on any atom is 0.236 e. The van der Waals surface area contributed by atoms with Crippen LogP contribution in [0.3, 0.4) is 0 Å². The summed E-state index contributed by atoms with van der Waals surface area (Å²) in [6.07, 6.45) is 2.39. The van der Waals surface area contributed by atoms with Crippen molar-refractivity contribution in [2.75, 3.05) is 6.54 Å². The van der Waals surface area contributed by atoms with E-state index in [-0.39, 0.29) is 17.8 Å². The molecule has 5 heteroatoms. The van der Waals surface area contributed by atoms with Crippen LogP contribution in [0, 0.1) is 11.3 Å². The van der Waals surface area contributed by atoms with E-state index in [0.29, 0.717) is 5.92 Å². The number of nitrogens with two attached hydrogens (primary N) is 1. The molecular weight excluding hydrogens is 218 g/mol. The Morgan fingerprint density at radius 3 is 2.41 bits per heavy atom. The Kier molecular flexibility index (Phi) is 4.01. The minimum atomic E-state index is -0.950. The number of carbonyl (C=O) groups is 1. The topological polar surface area (TPSA) is 78.9 Å². The first-order chi connectivity index (χ1) is 7.80.